The Hall–Kier alpha value is -2.56. The van der Waals surface area contributed by atoms with E-state index in [0.29, 0.717) is 43.0 Å². The van der Waals surface area contributed by atoms with E-state index in [1.807, 2.05) is 18.2 Å². The third-order valence-electron chi connectivity index (χ3n) is 4.51. The fourth-order valence-electron chi connectivity index (χ4n) is 3.07. The number of hydrogen-bond donors (Lipinski definition) is 0. The van der Waals surface area contributed by atoms with Crippen LogP contribution < -0.4 is 5.01 Å². The standard InChI is InChI=1S/C21H12Br3N3O4/c1-11-16(21(28)26(25-11)13-4-2-3-12(22)7-13)10-15-5-6-19(31-15)20-17(23)8-14(27(29)30)9-18(20)24/h2-10H,1H3/b16-10+. The van der Waals surface area contributed by atoms with Crippen molar-refractivity contribution in [1.82, 2.24) is 0 Å². The van der Waals surface area contributed by atoms with Gasteiger partial charge in [0.25, 0.3) is 11.6 Å². The number of halogens is 3. The molecule has 31 heavy (non-hydrogen) atoms. The van der Waals surface area contributed by atoms with Gasteiger partial charge in [0.15, 0.2) is 0 Å². The van der Waals surface area contributed by atoms with Crippen molar-refractivity contribution in [3.8, 4) is 11.3 Å². The Morgan fingerprint density at radius 1 is 1.10 bits per heavy atom. The zero-order valence-electron chi connectivity index (χ0n) is 15.8. The van der Waals surface area contributed by atoms with Crippen molar-refractivity contribution >= 4 is 76.9 Å². The number of rotatable bonds is 4. The highest BCUT2D eigenvalue weighted by Gasteiger charge is 2.29. The molecule has 0 saturated carbocycles. The smallest absolute Gasteiger partial charge is 0.280 e. The number of hydrazone groups is 1. The highest BCUT2D eigenvalue weighted by molar-refractivity contribution is 9.11. The van der Waals surface area contributed by atoms with Gasteiger partial charge in [0.2, 0.25) is 0 Å². The maximum absolute atomic E-state index is 12.9. The molecule has 0 unspecified atom stereocenters. The van der Waals surface area contributed by atoms with Gasteiger partial charge in [-0.2, -0.15) is 10.1 Å². The molecule has 1 aliphatic heterocycles. The van der Waals surface area contributed by atoms with Crippen LogP contribution in [0.25, 0.3) is 17.4 Å². The summed E-state index contributed by atoms with van der Waals surface area (Å²) in [5, 5.41) is 16.8. The number of nitro benzene ring substituents is 1. The van der Waals surface area contributed by atoms with E-state index in [9.17, 15) is 14.9 Å². The van der Waals surface area contributed by atoms with Crippen LogP contribution in [0.5, 0.6) is 0 Å². The number of amides is 1. The summed E-state index contributed by atoms with van der Waals surface area (Å²) in [6.07, 6.45) is 1.63. The van der Waals surface area contributed by atoms with Crippen LogP contribution in [0.1, 0.15) is 12.7 Å². The Balaban J connectivity index is 1.66. The van der Waals surface area contributed by atoms with Gasteiger partial charge in [0.1, 0.15) is 11.5 Å². The first kappa shape index (κ1) is 21.7. The number of carbonyl (C=O) groups excluding carboxylic acids is 1. The maximum atomic E-state index is 12.9. The lowest BCUT2D eigenvalue weighted by Gasteiger charge is -2.11. The first-order chi connectivity index (χ1) is 14.7. The summed E-state index contributed by atoms with van der Waals surface area (Å²) in [4.78, 5) is 23.5. The highest BCUT2D eigenvalue weighted by Crippen LogP contribution is 2.39. The second-order valence-corrected chi connectivity index (χ2v) is 9.21. The Bertz CT molecular complexity index is 1270. The molecule has 10 heteroatoms. The monoisotopic (exact) mass is 607 g/mol. The molecule has 0 spiro atoms. The molecule has 0 N–H and O–H groups in total. The van der Waals surface area contributed by atoms with Crippen LogP contribution in [0.4, 0.5) is 11.4 Å². The van der Waals surface area contributed by atoms with Crippen LogP contribution in [0.15, 0.2) is 77.0 Å². The largest absolute Gasteiger partial charge is 0.457 e. The van der Waals surface area contributed by atoms with E-state index in [1.165, 1.54) is 17.1 Å². The summed E-state index contributed by atoms with van der Waals surface area (Å²) >= 11 is 10.1. The maximum Gasteiger partial charge on any atom is 0.280 e. The normalized spacial score (nSPS) is 15.0. The Morgan fingerprint density at radius 3 is 2.45 bits per heavy atom. The first-order valence-electron chi connectivity index (χ1n) is 8.85. The van der Waals surface area contributed by atoms with Crippen molar-refractivity contribution in [3.63, 3.8) is 0 Å². The summed E-state index contributed by atoms with van der Waals surface area (Å²) in [7, 11) is 0. The highest BCUT2D eigenvalue weighted by atomic mass is 79.9. The summed E-state index contributed by atoms with van der Waals surface area (Å²) < 4.78 is 7.78. The minimum atomic E-state index is -0.470. The average molecular weight is 610 g/mol. The van der Waals surface area contributed by atoms with Gasteiger partial charge in [-0.15, -0.1) is 0 Å². The van der Waals surface area contributed by atoms with E-state index in [0.717, 1.165) is 4.47 Å². The van der Waals surface area contributed by atoms with Crippen molar-refractivity contribution in [2.75, 3.05) is 5.01 Å². The molecule has 0 bridgehead atoms. The van der Waals surface area contributed by atoms with Gasteiger partial charge in [0, 0.05) is 31.1 Å². The zero-order chi connectivity index (χ0) is 22.3. The first-order valence-corrected chi connectivity index (χ1v) is 11.2. The molecule has 156 valence electrons. The number of carbonyl (C=O) groups is 1. The van der Waals surface area contributed by atoms with Crippen molar-refractivity contribution in [2.45, 2.75) is 6.92 Å². The third kappa shape index (κ3) is 4.28. The molecule has 1 aromatic heterocycles. The number of non-ortho nitro benzene ring substituents is 1. The van der Waals surface area contributed by atoms with Crippen LogP contribution >= 0.6 is 47.8 Å². The molecule has 0 saturated heterocycles. The molecular formula is C21H12Br3N3O4. The summed E-state index contributed by atoms with van der Waals surface area (Å²) in [5.74, 6) is 0.691. The molecule has 1 aliphatic rings. The van der Waals surface area contributed by atoms with E-state index in [4.69, 9.17) is 4.42 Å². The van der Waals surface area contributed by atoms with Crippen LogP contribution in [0.3, 0.4) is 0 Å². The van der Waals surface area contributed by atoms with Gasteiger partial charge in [-0.3, -0.25) is 14.9 Å². The fourth-order valence-corrected chi connectivity index (χ4v) is 5.01. The number of nitrogens with zero attached hydrogens (tertiary/aromatic N) is 3. The number of furan rings is 1. The van der Waals surface area contributed by atoms with Gasteiger partial charge < -0.3 is 4.42 Å². The number of benzene rings is 2. The lowest BCUT2D eigenvalue weighted by atomic mass is 10.1. The van der Waals surface area contributed by atoms with Gasteiger partial charge in [0.05, 0.1) is 21.9 Å². The summed E-state index contributed by atoms with van der Waals surface area (Å²) in [5.41, 5.74) is 2.23. The second-order valence-electron chi connectivity index (χ2n) is 6.58. The van der Waals surface area contributed by atoms with E-state index < -0.39 is 4.92 Å². The molecule has 4 rings (SSSR count). The number of hydrogen-bond acceptors (Lipinski definition) is 5. The predicted molar refractivity (Wildman–Crippen MR) is 129 cm³/mol. The van der Waals surface area contributed by atoms with Crippen molar-refractivity contribution in [2.24, 2.45) is 5.10 Å². The quantitative estimate of drug-likeness (QED) is 0.182. The average Bonchev–Trinajstić information content (AvgIpc) is 3.27. The minimum Gasteiger partial charge on any atom is -0.457 e. The molecular weight excluding hydrogens is 598 g/mol. The molecule has 1 amide bonds. The van der Waals surface area contributed by atoms with Crippen molar-refractivity contribution in [3.05, 3.63) is 83.4 Å². The van der Waals surface area contributed by atoms with Gasteiger partial charge in [-0.1, -0.05) is 22.0 Å². The molecule has 0 radical (unpaired) electrons. The number of nitro groups is 1. The third-order valence-corrected chi connectivity index (χ3v) is 6.26. The Kier molecular flexibility index (Phi) is 5.96. The van der Waals surface area contributed by atoms with E-state index in [2.05, 4.69) is 52.9 Å². The van der Waals surface area contributed by atoms with Crippen molar-refractivity contribution < 1.29 is 14.1 Å². The van der Waals surface area contributed by atoms with Crippen LogP contribution in [-0.2, 0) is 4.79 Å². The molecule has 0 fully saturated rings. The lowest BCUT2D eigenvalue weighted by Crippen LogP contribution is -2.21. The lowest BCUT2D eigenvalue weighted by molar-refractivity contribution is -0.385. The Morgan fingerprint density at radius 2 is 1.81 bits per heavy atom. The SMILES string of the molecule is CC1=NN(c2cccc(Br)c2)C(=O)/C1=C/c1ccc(-c2c(Br)cc([N+](=O)[O-])cc2Br)o1. The molecule has 3 aromatic rings. The molecule has 0 atom stereocenters. The fraction of sp³-hybridized carbons (Fsp3) is 0.0476. The molecule has 2 aromatic carbocycles. The van der Waals surface area contributed by atoms with Gasteiger partial charge >= 0.3 is 0 Å². The van der Waals surface area contributed by atoms with E-state index in [-0.39, 0.29) is 11.6 Å². The van der Waals surface area contributed by atoms with E-state index in [1.54, 1.807) is 31.2 Å². The van der Waals surface area contributed by atoms with Crippen LogP contribution in [0, 0.1) is 10.1 Å². The van der Waals surface area contributed by atoms with Gasteiger partial charge in [-0.05, 0) is 75.2 Å². The number of anilines is 1. The van der Waals surface area contributed by atoms with E-state index >= 15 is 0 Å². The van der Waals surface area contributed by atoms with Crippen LogP contribution in [0.2, 0.25) is 0 Å². The van der Waals surface area contributed by atoms with Gasteiger partial charge in [-0.25, -0.2) is 0 Å². The molecule has 2 heterocycles. The van der Waals surface area contributed by atoms with Crippen LogP contribution in [-0.4, -0.2) is 16.5 Å². The van der Waals surface area contributed by atoms with Crippen molar-refractivity contribution in [1.29, 1.82) is 0 Å². The topological polar surface area (TPSA) is 89.0 Å². The predicted octanol–water partition coefficient (Wildman–Crippen LogP) is 6.95. The summed E-state index contributed by atoms with van der Waals surface area (Å²) in [6.45, 7) is 1.76. The summed E-state index contributed by atoms with van der Waals surface area (Å²) in [6, 6.07) is 13.6. The minimum absolute atomic E-state index is 0.0487. The Labute approximate surface area is 202 Å². The molecule has 0 aliphatic carbocycles. The zero-order valence-corrected chi connectivity index (χ0v) is 20.6. The molecule has 7 nitrogen and oxygen atoms in total. The second kappa shape index (κ2) is 8.52.